The van der Waals surface area contributed by atoms with Crippen LogP contribution in [-0.2, 0) is 0 Å². The molecule has 0 amide bonds. The second-order valence-electron chi connectivity index (χ2n) is 3.05. The van der Waals surface area contributed by atoms with E-state index in [1.807, 2.05) is 0 Å². The van der Waals surface area contributed by atoms with Crippen molar-refractivity contribution in [3.05, 3.63) is 48.7 Å². The van der Waals surface area contributed by atoms with E-state index in [1.54, 1.807) is 42.5 Å². The van der Waals surface area contributed by atoms with Crippen LogP contribution in [0.15, 0.2) is 48.7 Å². The second-order valence-corrected chi connectivity index (χ2v) is 3.05. The van der Waals surface area contributed by atoms with Gasteiger partial charge in [0, 0.05) is 11.9 Å². The fourth-order valence-corrected chi connectivity index (χ4v) is 1.05. The molecule has 4 heteroatoms. The van der Waals surface area contributed by atoms with E-state index in [4.69, 9.17) is 15.3 Å². The minimum absolute atomic E-state index is 0.0250. The molecule has 0 saturated heterocycles. The summed E-state index contributed by atoms with van der Waals surface area (Å²) in [5, 5.41) is 19.9. The molecule has 17 heavy (non-hydrogen) atoms. The highest BCUT2D eigenvalue weighted by Crippen LogP contribution is 2.15. The van der Waals surface area contributed by atoms with Crippen LogP contribution in [0.1, 0.15) is 0 Å². The number of rotatable bonds is 5. The van der Waals surface area contributed by atoms with E-state index in [0.717, 1.165) is 11.4 Å². The number of nitriles is 2. The Bertz CT molecular complexity index is 473. The highest BCUT2D eigenvalue weighted by molar-refractivity contribution is 5.51. The number of hydrogen-bond donors (Lipinski definition) is 1. The van der Waals surface area contributed by atoms with E-state index < -0.39 is 0 Å². The molecule has 0 aliphatic carbocycles. The molecule has 1 rings (SSSR count). The molecule has 0 aromatic heterocycles. The van der Waals surface area contributed by atoms with Crippen LogP contribution in [0, 0.1) is 22.7 Å². The van der Waals surface area contributed by atoms with Crippen molar-refractivity contribution in [2.45, 2.75) is 0 Å². The molecule has 0 aliphatic heterocycles. The van der Waals surface area contributed by atoms with Gasteiger partial charge in [-0.25, -0.2) is 0 Å². The molecule has 0 spiro atoms. The lowest BCUT2D eigenvalue weighted by Crippen LogP contribution is -1.93. The molecule has 0 unspecified atom stereocenters. The van der Waals surface area contributed by atoms with Crippen molar-refractivity contribution in [3.63, 3.8) is 0 Å². The van der Waals surface area contributed by atoms with Crippen LogP contribution in [0.2, 0.25) is 0 Å². The largest absolute Gasteiger partial charge is 0.490 e. The summed E-state index contributed by atoms with van der Waals surface area (Å²) in [6.07, 6.45) is 3.03. The molecule has 1 aromatic carbocycles. The lowest BCUT2D eigenvalue weighted by atomic mass is 10.3. The Morgan fingerprint density at radius 1 is 1.29 bits per heavy atom. The van der Waals surface area contributed by atoms with Gasteiger partial charge in [-0.15, -0.1) is 0 Å². The summed E-state index contributed by atoms with van der Waals surface area (Å²) in [4.78, 5) is 0. The maximum Gasteiger partial charge on any atom is 0.145 e. The third kappa shape index (κ3) is 4.11. The van der Waals surface area contributed by atoms with E-state index in [1.165, 1.54) is 6.20 Å². The van der Waals surface area contributed by atoms with Gasteiger partial charge in [0.25, 0.3) is 0 Å². The first kappa shape index (κ1) is 12.4. The molecule has 4 nitrogen and oxygen atoms in total. The van der Waals surface area contributed by atoms with Gasteiger partial charge in [0.15, 0.2) is 0 Å². The van der Waals surface area contributed by atoms with Gasteiger partial charge in [0.05, 0.1) is 0 Å². The lowest BCUT2D eigenvalue weighted by molar-refractivity contribution is 0.363. The molecule has 1 aromatic rings. The van der Waals surface area contributed by atoms with Crippen LogP contribution in [0.5, 0.6) is 5.75 Å². The van der Waals surface area contributed by atoms with Crippen LogP contribution >= 0.6 is 0 Å². The molecule has 84 valence electrons. The predicted molar refractivity (Wildman–Crippen MR) is 65.1 cm³/mol. The zero-order valence-electron chi connectivity index (χ0n) is 9.18. The van der Waals surface area contributed by atoms with Gasteiger partial charge in [-0.05, 0) is 24.3 Å². The molecule has 0 atom stereocenters. The lowest BCUT2D eigenvalue weighted by Gasteiger charge is -2.04. The van der Waals surface area contributed by atoms with Crippen molar-refractivity contribution in [2.24, 2.45) is 0 Å². The highest BCUT2D eigenvalue weighted by Gasteiger charge is 1.94. The third-order valence-electron chi connectivity index (χ3n) is 1.85. The fourth-order valence-electron chi connectivity index (χ4n) is 1.05. The molecular weight excluding hydrogens is 214 g/mol. The van der Waals surface area contributed by atoms with Crippen molar-refractivity contribution in [2.75, 3.05) is 11.9 Å². The summed E-state index contributed by atoms with van der Waals surface area (Å²) in [6, 6.07) is 10.7. The Hall–Kier alpha value is -2.72. The average molecular weight is 225 g/mol. The number of nitrogens with zero attached hydrogens (tertiary/aromatic N) is 2. The normalized spacial score (nSPS) is 8.35. The van der Waals surface area contributed by atoms with Crippen LogP contribution in [0.3, 0.4) is 0 Å². The Morgan fingerprint density at radius 2 is 1.94 bits per heavy atom. The van der Waals surface area contributed by atoms with E-state index in [9.17, 15) is 0 Å². The van der Waals surface area contributed by atoms with Crippen molar-refractivity contribution >= 4 is 5.69 Å². The van der Waals surface area contributed by atoms with Crippen LogP contribution < -0.4 is 10.1 Å². The Labute approximate surface area is 100 Å². The average Bonchev–Trinajstić information content (AvgIpc) is 2.39. The number of anilines is 1. The van der Waals surface area contributed by atoms with Crippen molar-refractivity contribution < 1.29 is 4.74 Å². The third-order valence-corrected chi connectivity index (χ3v) is 1.85. The molecule has 0 saturated carbocycles. The summed E-state index contributed by atoms with van der Waals surface area (Å²) in [5.41, 5.74) is 0.802. The van der Waals surface area contributed by atoms with Crippen molar-refractivity contribution in [1.29, 1.82) is 10.5 Å². The molecule has 0 radical (unpaired) electrons. The van der Waals surface area contributed by atoms with Gasteiger partial charge < -0.3 is 10.1 Å². The minimum atomic E-state index is 0.0250. The SMILES string of the molecule is C=CCOc1ccc(NC=C(C#N)C#N)cc1. The molecule has 0 aliphatic rings. The summed E-state index contributed by atoms with van der Waals surface area (Å²) in [6.45, 7) is 4.01. The first-order valence-corrected chi connectivity index (χ1v) is 4.91. The van der Waals surface area contributed by atoms with Crippen molar-refractivity contribution in [1.82, 2.24) is 0 Å². The Balaban J connectivity index is 2.63. The number of hydrogen-bond acceptors (Lipinski definition) is 4. The van der Waals surface area contributed by atoms with Gasteiger partial charge in [-0.2, -0.15) is 10.5 Å². The monoisotopic (exact) mass is 225 g/mol. The smallest absolute Gasteiger partial charge is 0.145 e. The zero-order valence-corrected chi connectivity index (χ0v) is 9.18. The van der Waals surface area contributed by atoms with E-state index >= 15 is 0 Å². The Kier molecular flexibility index (Phi) is 4.87. The van der Waals surface area contributed by atoms with Gasteiger partial charge in [-0.3, -0.25) is 0 Å². The standard InChI is InChI=1S/C13H11N3O/c1-2-7-17-13-5-3-12(4-6-13)16-10-11(8-14)9-15/h2-6,10,16H,1,7H2. The van der Waals surface area contributed by atoms with Crippen LogP contribution in [0.4, 0.5) is 5.69 Å². The van der Waals surface area contributed by atoms with Crippen molar-refractivity contribution in [3.8, 4) is 17.9 Å². The first-order chi connectivity index (χ1) is 8.30. The van der Waals surface area contributed by atoms with Gasteiger partial charge in [0.1, 0.15) is 30.1 Å². The predicted octanol–water partition coefficient (Wildman–Crippen LogP) is 2.59. The Morgan fingerprint density at radius 3 is 2.47 bits per heavy atom. The summed E-state index contributed by atoms with van der Waals surface area (Å²) in [7, 11) is 0. The highest BCUT2D eigenvalue weighted by atomic mass is 16.5. The van der Waals surface area contributed by atoms with Crippen LogP contribution in [0.25, 0.3) is 0 Å². The van der Waals surface area contributed by atoms with E-state index in [0.29, 0.717) is 6.61 Å². The fraction of sp³-hybridized carbons (Fsp3) is 0.0769. The van der Waals surface area contributed by atoms with Gasteiger partial charge in [-0.1, -0.05) is 12.7 Å². The second kappa shape index (κ2) is 6.71. The van der Waals surface area contributed by atoms with Gasteiger partial charge in [0.2, 0.25) is 0 Å². The first-order valence-electron chi connectivity index (χ1n) is 4.91. The maximum atomic E-state index is 8.54. The zero-order chi connectivity index (χ0) is 12.5. The molecule has 1 N–H and O–H groups in total. The van der Waals surface area contributed by atoms with E-state index in [-0.39, 0.29) is 5.57 Å². The van der Waals surface area contributed by atoms with E-state index in [2.05, 4.69) is 11.9 Å². The summed E-state index contributed by atoms with van der Waals surface area (Å²) >= 11 is 0. The number of nitrogens with one attached hydrogen (secondary N) is 1. The minimum Gasteiger partial charge on any atom is -0.490 e. The summed E-state index contributed by atoms with van der Waals surface area (Å²) in [5.74, 6) is 0.736. The number of allylic oxidation sites excluding steroid dienone is 1. The summed E-state index contributed by atoms with van der Waals surface area (Å²) < 4.78 is 5.31. The quantitative estimate of drug-likeness (QED) is 0.617. The number of ether oxygens (including phenoxy) is 1. The van der Waals surface area contributed by atoms with Gasteiger partial charge >= 0.3 is 0 Å². The molecule has 0 fully saturated rings. The van der Waals surface area contributed by atoms with Crippen LogP contribution in [-0.4, -0.2) is 6.61 Å². The number of benzene rings is 1. The topological polar surface area (TPSA) is 68.8 Å². The maximum absolute atomic E-state index is 8.54. The molecule has 0 heterocycles. The molecular formula is C13H11N3O. The molecule has 0 bridgehead atoms.